The molecule has 0 unspecified atom stereocenters. The molecule has 1 aromatic rings. The fourth-order valence-electron chi connectivity index (χ4n) is 2.19. The van der Waals surface area contributed by atoms with Gasteiger partial charge in [0.05, 0.1) is 6.42 Å². The summed E-state index contributed by atoms with van der Waals surface area (Å²) in [5, 5.41) is 8.97. The highest BCUT2D eigenvalue weighted by atomic mass is 16.4. The summed E-state index contributed by atoms with van der Waals surface area (Å²) in [5.41, 5.74) is 1.90. The number of carbonyl (C=O) groups is 1. The lowest BCUT2D eigenvalue weighted by molar-refractivity contribution is -0.138. The van der Waals surface area contributed by atoms with Crippen molar-refractivity contribution in [3.63, 3.8) is 0 Å². The summed E-state index contributed by atoms with van der Waals surface area (Å²) in [4.78, 5) is 13.2. The van der Waals surface area contributed by atoms with E-state index in [1.54, 1.807) is 0 Å². The minimum Gasteiger partial charge on any atom is -0.481 e. The van der Waals surface area contributed by atoms with Gasteiger partial charge in [-0.3, -0.25) is 4.79 Å². The first-order valence-electron chi connectivity index (χ1n) is 6.48. The van der Waals surface area contributed by atoms with E-state index in [0.29, 0.717) is 0 Å². The molecular formula is C15H23NO2. The van der Waals surface area contributed by atoms with Crippen molar-refractivity contribution in [1.29, 1.82) is 0 Å². The van der Waals surface area contributed by atoms with Crippen LogP contribution in [0.3, 0.4) is 0 Å². The molecule has 1 rings (SSSR count). The topological polar surface area (TPSA) is 40.5 Å². The number of benzene rings is 1. The molecule has 100 valence electrons. The van der Waals surface area contributed by atoms with Crippen molar-refractivity contribution >= 4 is 11.7 Å². The summed E-state index contributed by atoms with van der Waals surface area (Å²) < 4.78 is 0. The van der Waals surface area contributed by atoms with Gasteiger partial charge in [-0.1, -0.05) is 26.0 Å². The van der Waals surface area contributed by atoms with Gasteiger partial charge in [0.2, 0.25) is 0 Å². The number of carboxylic acids is 1. The molecule has 0 spiro atoms. The molecule has 3 nitrogen and oxygen atoms in total. The smallest absolute Gasteiger partial charge is 0.304 e. The van der Waals surface area contributed by atoms with Gasteiger partial charge in [-0.15, -0.1) is 0 Å². The second kappa shape index (κ2) is 5.89. The van der Waals surface area contributed by atoms with Gasteiger partial charge in [0, 0.05) is 24.2 Å². The third-order valence-corrected chi connectivity index (χ3v) is 3.35. The summed E-state index contributed by atoms with van der Waals surface area (Å²) in [6.45, 7) is 10.1. The van der Waals surface area contributed by atoms with Crippen LogP contribution in [0.5, 0.6) is 0 Å². The first-order chi connectivity index (χ1) is 8.40. The van der Waals surface area contributed by atoms with Crippen LogP contribution in [0, 0.1) is 0 Å². The van der Waals surface area contributed by atoms with E-state index in [-0.39, 0.29) is 11.8 Å². The third kappa shape index (κ3) is 3.49. The summed E-state index contributed by atoms with van der Waals surface area (Å²) in [7, 11) is 0. The van der Waals surface area contributed by atoms with Gasteiger partial charge in [0.25, 0.3) is 0 Å². The Morgan fingerprint density at radius 2 is 1.89 bits per heavy atom. The summed E-state index contributed by atoms with van der Waals surface area (Å²) in [6, 6.07) is 8.20. The molecule has 0 heterocycles. The zero-order chi connectivity index (χ0) is 13.8. The lowest BCUT2D eigenvalue weighted by Gasteiger charge is -2.27. The van der Waals surface area contributed by atoms with E-state index in [2.05, 4.69) is 30.9 Å². The number of aliphatic carboxylic acids is 1. The maximum atomic E-state index is 10.9. The van der Waals surface area contributed by atoms with E-state index < -0.39 is 5.97 Å². The molecule has 0 amide bonds. The molecule has 0 atom stereocenters. The molecule has 0 aromatic heterocycles. The molecule has 0 bridgehead atoms. The fourth-order valence-corrected chi connectivity index (χ4v) is 2.19. The second-order valence-electron chi connectivity index (χ2n) is 5.18. The largest absolute Gasteiger partial charge is 0.481 e. The van der Waals surface area contributed by atoms with Gasteiger partial charge in [0.1, 0.15) is 0 Å². The average Bonchev–Trinajstić information content (AvgIpc) is 2.29. The molecule has 1 N–H and O–H groups in total. The predicted octanol–water partition coefficient (Wildman–Crippen LogP) is 3.29. The fraction of sp³-hybridized carbons (Fsp3) is 0.533. The standard InChI is InChI=1S/C15H23NO2/c1-5-16(6-2)13-9-7-8-12(10-13)15(3,4)11-14(17)18/h7-10H,5-6,11H2,1-4H3,(H,17,18). The number of anilines is 1. The SMILES string of the molecule is CCN(CC)c1cccc(C(C)(C)CC(=O)O)c1. The Hall–Kier alpha value is -1.51. The van der Waals surface area contributed by atoms with Gasteiger partial charge in [-0.05, 0) is 31.5 Å². The normalized spacial score (nSPS) is 11.3. The van der Waals surface area contributed by atoms with Crippen LogP contribution in [-0.2, 0) is 10.2 Å². The molecule has 1 aromatic carbocycles. The molecule has 0 aliphatic heterocycles. The summed E-state index contributed by atoms with van der Waals surface area (Å²) in [5.74, 6) is -0.756. The highest BCUT2D eigenvalue weighted by molar-refractivity contribution is 5.69. The molecule has 0 aliphatic carbocycles. The van der Waals surface area contributed by atoms with Crippen molar-refractivity contribution in [3.05, 3.63) is 29.8 Å². The Balaban J connectivity index is 3.04. The highest BCUT2D eigenvalue weighted by Crippen LogP contribution is 2.29. The maximum absolute atomic E-state index is 10.9. The van der Waals surface area contributed by atoms with Crippen LogP contribution in [0.15, 0.2) is 24.3 Å². The molecule has 0 saturated heterocycles. The molecule has 0 fully saturated rings. The van der Waals surface area contributed by atoms with E-state index in [0.717, 1.165) is 24.3 Å². The molecule has 0 aliphatic rings. The first kappa shape index (κ1) is 14.6. The van der Waals surface area contributed by atoms with Crippen molar-refractivity contribution in [3.8, 4) is 0 Å². The lowest BCUT2D eigenvalue weighted by Crippen LogP contribution is -2.24. The van der Waals surface area contributed by atoms with E-state index in [9.17, 15) is 4.79 Å². The molecule has 0 saturated carbocycles. The van der Waals surface area contributed by atoms with Gasteiger partial charge in [-0.2, -0.15) is 0 Å². The molecule has 0 radical (unpaired) electrons. The zero-order valence-electron chi connectivity index (χ0n) is 11.7. The predicted molar refractivity (Wildman–Crippen MR) is 75.3 cm³/mol. The van der Waals surface area contributed by atoms with E-state index in [1.807, 2.05) is 26.0 Å². The average molecular weight is 249 g/mol. The zero-order valence-corrected chi connectivity index (χ0v) is 11.7. The monoisotopic (exact) mass is 249 g/mol. The third-order valence-electron chi connectivity index (χ3n) is 3.35. The van der Waals surface area contributed by atoms with Crippen LogP contribution in [0.1, 0.15) is 39.7 Å². The van der Waals surface area contributed by atoms with Gasteiger partial charge < -0.3 is 10.0 Å². The Morgan fingerprint density at radius 1 is 1.28 bits per heavy atom. The number of nitrogens with zero attached hydrogens (tertiary/aromatic N) is 1. The van der Waals surface area contributed by atoms with Crippen LogP contribution in [0.4, 0.5) is 5.69 Å². The first-order valence-corrected chi connectivity index (χ1v) is 6.48. The van der Waals surface area contributed by atoms with Crippen molar-refractivity contribution in [1.82, 2.24) is 0 Å². The maximum Gasteiger partial charge on any atom is 0.304 e. The minimum atomic E-state index is -0.756. The van der Waals surface area contributed by atoms with Gasteiger partial charge in [0.15, 0.2) is 0 Å². The minimum absolute atomic E-state index is 0.148. The summed E-state index contributed by atoms with van der Waals surface area (Å²) in [6.07, 6.45) is 0.148. The molecule has 18 heavy (non-hydrogen) atoms. The van der Waals surface area contributed by atoms with Crippen LogP contribution >= 0.6 is 0 Å². The Kier molecular flexibility index (Phi) is 4.76. The van der Waals surface area contributed by atoms with Crippen LogP contribution < -0.4 is 4.90 Å². The number of rotatable bonds is 6. The lowest BCUT2D eigenvalue weighted by atomic mass is 9.81. The van der Waals surface area contributed by atoms with E-state index in [4.69, 9.17) is 5.11 Å². The Labute approximate surface area is 109 Å². The Morgan fingerprint density at radius 3 is 2.39 bits per heavy atom. The second-order valence-corrected chi connectivity index (χ2v) is 5.18. The highest BCUT2D eigenvalue weighted by Gasteiger charge is 2.24. The molecular weight excluding hydrogens is 226 g/mol. The van der Waals surface area contributed by atoms with E-state index >= 15 is 0 Å². The summed E-state index contributed by atoms with van der Waals surface area (Å²) >= 11 is 0. The Bertz CT molecular complexity index is 409. The quantitative estimate of drug-likeness (QED) is 0.841. The van der Waals surface area contributed by atoms with Crippen molar-refractivity contribution in [2.24, 2.45) is 0 Å². The number of hydrogen-bond acceptors (Lipinski definition) is 2. The van der Waals surface area contributed by atoms with Crippen molar-refractivity contribution < 1.29 is 9.90 Å². The van der Waals surface area contributed by atoms with Crippen LogP contribution in [-0.4, -0.2) is 24.2 Å². The van der Waals surface area contributed by atoms with Crippen molar-refractivity contribution in [2.45, 2.75) is 39.5 Å². The van der Waals surface area contributed by atoms with Crippen molar-refractivity contribution in [2.75, 3.05) is 18.0 Å². The number of hydrogen-bond donors (Lipinski definition) is 1. The number of carboxylic acid groups (broad SMARTS) is 1. The van der Waals surface area contributed by atoms with E-state index in [1.165, 1.54) is 0 Å². The van der Waals surface area contributed by atoms with Crippen LogP contribution in [0.25, 0.3) is 0 Å². The van der Waals surface area contributed by atoms with Crippen LogP contribution in [0.2, 0.25) is 0 Å². The van der Waals surface area contributed by atoms with Gasteiger partial charge >= 0.3 is 5.97 Å². The molecule has 3 heteroatoms. The van der Waals surface area contributed by atoms with Gasteiger partial charge in [-0.25, -0.2) is 0 Å².